The zero-order valence-corrected chi connectivity index (χ0v) is 13.7. The van der Waals surface area contributed by atoms with Crippen LogP contribution in [-0.4, -0.2) is 21.5 Å². The third-order valence-electron chi connectivity index (χ3n) is 3.12. The van der Waals surface area contributed by atoms with Crippen LogP contribution in [0.15, 0.2) is 17.5 Å². The smallest absolute Gasteiger partial charge is 0.170 e. The Balaban J connectivity index is 1.97. The molecular weight excluding hydrogens is 314 g/mol. The lowest BCUT2D eigenvalue weighted by Crippen LogP contribution is -2.17. The summed E-state index contributed by atoms with van der Waals surface area (Å²) in [7, 11) is 0. The van der Waals surface area contributed by atoms with Gasteiger partial charge in [0.15, 0.2) is 5.82 Å². The molecule has 0 fully saturated rings. The van der Waals surface area contributed by atoms with Crippen molar-refractivity contribution in [2.45, 2.75) is 25.9 Å². The number of terminal acetylenes is 1. The molecule has 0 bridgehead atoms. The average Bonchev–Trinajstić information content (AvgIpc) is 3.11. The van der Waals surface area contributed by atoms with Gasteiger partial charge in [0, 0.05) is 15.8 Å². The Labute approximate surface area is 136 Å². The first-order chi connectivity index (χ1) is 10.7. The van der Waals surface area contributed by atoms with Crippen molar-refractivity contribution >= 4 is 38.7 Å². The molecule has 3 rings (SSSR count). The van der Waals surface area contributed by atoms with E-state index in [0.717, 1.165) is 32.9 Å². The molecule has 7 heteroatoms. The first-order valence-electron chi connectivity index (χ1n) is 6.82. The van der Waals surface area contributed by atoms with Gasteiger partial charge < -0.3 is 11.1 Å². The SMILES string of the molecule is C#Cc1c(C[C@H](C)N)sc2c(NCc3cccs3)nnnc12. The molecule has 3 aromatic heterocycles. The van der Waals surface area contributed by atoms with Crippen molar-refractivity contribution in [3.05, 3.63) is 32.8 Å². The van der Waals surface area contributed by atoms with E-state index in [-0.39, 0.29) is 6.04 Å². The van der Waals surface area contributed by atoms with Gasteiger partial charge in [-0.2, -0.15) is 0 Å². The summed E-state index contributed by atoms with van der Waals surface area (Å²) in [5.41, 5.74) is 7.42. The van der Waals surface area contributed by atoms with Gasteiger partial charge in [0.05, 0.1) is 12.1 Å². The lowest BCUT2D eigenvalue weighted by atomic mass is 10.1. The summed E-state index contributed by atoms with van der Waals surface area (Å²) >= 11 is 3.29. The Kier molecular flexibility index (Phi) is 4.34. The molecule has 0 aliphatic rings. The predicted octanol–water partition coefficient (Wildman–Crippen LogP) is 2.63. The normalized spacial score (nSPS) is 12.2. The van der Waals surface area contributed by atoms with Crippen molar-refractivity contribution in [2.75, 3.05) is 5.32 Å². The molecule has 0 aliphatic heterocycles. The molecule has 0 amide bonds. The highest BCUT2D eigenvalue weighted by molar-refractivity contribution is 7.19. The monoisotopic (exact) mass is 329 g/mol. The Morgan fingerprint density at radius 1 is 1.45 bits per heavy atom. The van der Waals surface area contributed by atoms with Crippen molar-refractivity contribution < 1.29 is 0 Å². The van der Waals surface area contributed by atoms with Gasteiger partial charge >= 0.3 is 0 Å². The number of hydrogen-bond acceptors (Lipinski definition) is 7. The zero-order chi connectivity index (χ0) is 15.5. The highest BCUT2D eigenvalue weighted by atomic mass is 32.1. The maximum atomic E-state index is 5.90. The second-order valence-electron chi connectivity index (χ2n) is 4.97. The van der Waals surface area contributed by atoms with E-state index in [1.165, 1.54) is 4.88 Å². The molecule has 0 unspecified atom stereocenters. The molecule has 0 saturated carbocycles. The van der Waals surface area contributed by atoms with Crippen molar-refractivity contribution in [2.24, 2.45) is 5.73 Å². The molecule has 0 radical (unpaired) electrons. The molecule has 22 heavy (non-hydrogen) atoms. The molecule has 3 aromatic rings. The van der Waals surface area contributed by atoms with E-state index < -0.39 is 0 Å². The van der Waals surface area contributed by atoms with Gasteiger partial charge in [-0.3, -0.25) is 0 Å². The van der Waals surface area contributed by atoms with E-state index in [1.54, 1.807) is 22.7 Å². The van der Waals surface area contributed by atoms with Gasteiger partial charge in [-0.25, -0.2) is 0 Å². The van der Waals surface area contributed by atoms with Crippen molar-refractivity contribution in [1.82, 2.24) is 15.4 Å². The van der Waals surface area contributed by atoms with E-state index >= 15 is 0 Å². The summed E-state index contributed by atoms with van der Waals surface area (Å²) in [6, 6.07) is 4.15. The maximum Gasteiger partial charge on any atom is 0.170 e. The Bertz CT molecular complexity index is 814. The highest BCUT2D eigenvalue weighted by Crippen LogP contribution is 2.33. The number of nitrogens with zero attached hydrogens (tertiary/aromatic N) is 3. The fraction of sp³-hybridized carbons (Fsp3) is 0.267. The van der Waals surface area contributed by atoms with Gasteiger partial charge in [-0.1, -0.05) is 12.0 Å². The quantitative estimate of drug-likeness (QED) is 0.704. The fourth-order valence-electron chi connectivity index (χ4n) is 2.17. The van der Waals surface area contributed by atoms with Crippen LogP contribution in [0.25, 0.3) is 10.2 Å². The van der Waals surface area contributed by atoms with Gasteiger partial charge in [0.25, 0.3) is 0 Å². The molecular formula is C15H15N5S2. The number of anilines is 1. The molecule has 1 atom stereocenters. The largest absolute Gasteiger partial charge is 0.362 e. The van der Waals surface area contributed by atoms with Crippen LogP contribution in [0.1, 0.15) is 22.2 Å². The second-order valence-corrected chi connectivity index (χ2v) is 7.11. The number of fused-ring (bicyclic) bond motifs is 1. The standard InChI is InChI=1S/C15H15N5S2/c1-3-11-12(7-9(2)16)22-14-13(11)18-20-19-15(14)17-8-10-5-4-6-21-10/h1,4-6,9H,7-8,16H2,2H3,(H,17,18,19)/t9-/m0/s1. The van der Waals surface area contributed by atoms with Gasteiger partial charge in [0.2, 0.25) is 0 Å². The van der Waals surface area contributed by atoms with E-state index in [0.29, 0.717) is 6.54 Å². The van der Waals surface area contributed by atoms with E-state index in [9.17, 15) is 0 Å². The minimum atomic E-state index is 0.0450. The number of nitrogens with two attached hydrogens (primary N) is 1. The Hall–Kier alpha value is -2.01. The number of thiophene rings is 2. The van der Waals surface area contributed by atoms with E-state index in [4.69, 9.17) is 12.2 Å². The third kappa shape index (κ3) is 2.95. The lowest BCUT2D eigenvalue weighted by Gasteiger charge is -2.03. The van der Waals surface area contributed by atoms with Gasteiger partial charge in [0.1, 0.15) is 10.2 Å². The van der Waals surface area contributed by atoms with Crippen LogP contribution < -0.4 is 11.1 Å². The first-order valence-corrected chi connectivity index (χ1v) is 8.52. The minimum absolute atomic E-state index is 0.0450. The molecule has 5 nitrogen and oxygen atoms in total. The topological polar surface area (TPSA) is 76.7 Å². The third-order valence-corrected chi connectivity index (χ3v) is 5.21. The summed E-state index contributed by atoms with van der Waals surface area (Å²) in [5, 5.41) is 17.4. The minimum Gasteiger partial charge on any atom is -0.362 e. The summed E-state index contributed by atoms with van der Waals surface area (Å²) in [6.07, 6.45) is 6.37. The summed E-state index contributed by atoms with van der Waals surface area (Å²) in [6.45, 7) is 2.67. The fourth-order valence-corrected chi connectivity index (χ4v) is 4.11. The van der Waals surface area contributed by atoms with Crippen LogP contribution in [-0.2, 0) is 13.0 Å². The van der Waals surface area contributed by atoms with Crippen LogP contribution >= 0.6 is 22.7 Å². The zero-order valence-electron chi connectivity index (χ0n) is 12.0. The summed E-state index contributed by atoms with van der Waals surface area (Å²) in [5.74, 6) is 3.44. The van der Waals surface area contributed by atoms with Crippen LogP contribution in [0.2, 0.25) is 0 Å². The van der Waals surface area contributed by atoms with Gasteiger partial charge in [-0.05, 0) is 30.0 Å². The van der Waals surface area contributed by atoms with E-state index in [2.05, 4.69) is 32.7 Å². The average molecular weight is 329 g/mol. The van der Waals surface area contributed by atoms with Gasteiger partial charge in [-0.15, -0.1) is 39.3 Å². The highest BCUT2D eigenvalue weighted by Gasteiger charge is 2.17. The molecule has 3 N–H and O–H groups in total. The molecule has 0 aromatic carbocycles. The van der Waals surface area contributed by atoms with E-state index in [1.807, 2.05) is 18.4 Å². The van der Waals surface area contributed by atoms with Crippen molar-refractivity contribution in [3.63, 3.8) is 0 Å². The Morgan fingerprint density at radius 2 is 2.32 bits per heavy atom. The van der Waals surface area contributed by atoms with Crippen LogP contribution in [0.5, 0.6) is 0 Å². The molecule has 0 spiro atoms. The lowest BCUT2D eigenvalue weighted by molar-refractivity contribution is 0.746. The maximum absolute atomic E-state index is 5.90. The summed E-state index contributed by atoms with van der Waals surface area (Å²) in [4.78, 5) is 2.30. The van der Waals surface area contributed by atoms with Crippen molar-refractivity contribution in [1.29, 1.82) is 0 Å². The Morgan fingerprint density at radius 3 is 3.00 bits per heavy atom. The second kappa shape index (κ2) is 6.40. The molecule has 112 valence electrons. The summed E-state index contributed by atoms with van der Waals surface area (Å²) < 4.78 is 0.940. The molecule has 0 aliphatic carbocycles. The number of aromatic nitrogens is 3. The van der Waals surface area contributed by atoms with Crippen molar-refractivity contribution in [3.8, 4) is 12.3 Å². The predicted molar refractivity (Wildman–Crippen MR) is 92.1 cm³/mol. The van der Waals surface area contributed by atoms with Crippen LogP contribution in [0.4, 0.5) is 5.82 Å². The number of hydrogen-bond donors (Lipinski definition) is 2. The first kappa shape index (κ1) is 14.9. The number of nitrogens with one attached hydrogen (secondary N) is 1. The molecule has 0 saturated heterocycles. The molecule has 3 heterocycles. The van der Waals surface area contributed by atoms with Crippen LogP contribution in [0.3, 0.4) is 0 Å². The van der Waals surface area contributed by atoms with Crippen LogP contribution in [0, 0.1) is 12.3 Å². The number of rotatable bonds is 5.